The molecule has 2 aromatic rings. The van der Waals surface area contributed by atoms with Gasteiger partial charge < -0.3 is 19.7 Å². The Morgan fingerprint density at radius 2 is 2.26 bits per heavy atom. The largest absolute Gasteiger partial charge is 0.496 e. The lowest BCUT2D eigenvalue weighted by Crippen LogP contribution is -2.44. The van der Waals surface area contributed by atoms with Crippen LogP contribution in [0, 0.1) is 11.3 Å². The predicted octanol–water partition coefficient (Wildman–Crippen LogP) is 3.05. The van der Waals surface area contributed by atoms with E-state index in [1.807, 2.05) is 43.1 Å². The summed E-state index contributed by atoms with van der Waals surface area (Å²) < 4.78 is 11.1. The lowest BCUT2D eigenvalue weighted by atomic mass is 10.0. The van der Waals surface area contributed by atoms with Crippen LogP contribution in [0.25, 0.3) is 5.57 Å². The highest BCUT2D eigenvalue weighted by Crippen LogP contribution is 2.34. The summed E-state index contributed by atoms with van der Waals surface area (Å²) >= 11 is 0. The highest BCUT2D eigenvalue weighted by Gasteiger charge is 2.24. The molecule has 31 heavy (non-hydrogen) atoms. The first-order valence-corrected chi connectivity index (χ1v) is 10.4. The zero-order valence-electron chi connectivity index (χ0n) is 18.1. The number of anilines is 1. The Labute approximate surface area is 182 Å². The van der Waals surface area contributed by atoms with Gasteiger partial charge in [-0.3, -0.25) is 9.78 Å². The summed E-state index contributed by atoms with van der Waals surface area (Å²) in [6.07, 6.45) is 3.18. The summed E-state index contributed by atoms with van der Waals surface area (Å²) in [7, 11) is 3.46. The molecule has 2 heterocycles. The SMILES string of the molecule is CNc1cc(Cc2ccc(C(=O)N3CCO[C@H](C)C3)cc2OC)nc2c1C(C#N)=CC2. The summed E-state index contributed by atoms with van der Waals surface area (Å²) in [6, 6.07) is 9.81. The molecule has 2 aliphatic rings. The summed E-state index contributed by atoms with van der Waals surface area (Å²) in [5, 5.41) is 12.5. The number of nitrogens with zero attached hydrogens (tertiary/aromatic N) is 3. The highest BCUT2D eigenvalue weighted by molar-refractivity contribution is 5.95. The molecule has 0 saturated carbocycles. The molecule has 0 radical (unpaired) electrons. The molecule has 7 nitrogen and oxygen atoms in total. The molecule has 4 rings (SSSR count). The van der Waals surface area contributed by atoms with Gasteiger partial charge in [0, 0.05) is 61.1 Å². The van der Waals surface area contributed by atoms with Crippen molar-refractivity contribution >= 4 is 17.2 Å². The zero-order valence-corrected chi connectivity index (χ0v) is 18.1. The number of hydrogen-bond acceptors (Lipinski definition) is 6. The van der Waals surface area contributed by atoms with Gasteiger partial charge in [-0.25, -0.2) is 0 Å². The summed E-state index contributed by atoms with van der Waals surface area (Å²) in [5.74, 6) is 0.652. The number of morpholine rings is 1. The van der Waals surface area contributed by atoms with E-state index in [2.05, 4.69) is 11.4 Å². The van der Waals surface area contributed by atoms with Crippen molar-refractivity contribution in [3.05, 3.63) is 58.4 Å². The normalized spacial score (nSPS) is 17.5. The molecule has 1 atom stereocenters. The van der Waals surface area contributed by atoms with Gasteiger partial charge in [-0.15, -0.1) is 0 Å². The molecule has 1 aliphatic heterocycles. The number of carbonyl (C=O) groups excluding carboxylic acids is 1. The van der Waals surface area contributed by atoms with Gasteiger partial charge in [0.1, 0.15) is 5.75 Å². The first-order chi connectivity index (χ1) is 15.0. The average Bonchev–Trinajstić information content (AvgIpc) is 3.21. The number of nitrogens with one attached hydrogen (secondary N) is 1. The van der Waals surface area contributed by atoms with Crippen molar-refractivity contribution in [3.8, 4) is 11.8 Å². The Morgan fingerprint density at radius 3 is 2.97 bits per heavy atom. The molecule has 1 aliphatic carbocycles. The smallest absolute Gasteiger partial charge is 0.254 e. The minimum atomic E-state index is -0.0109. The van der Waals surface area contributed by atoms with Crippen LogP contribution < -0.4 is 10.1 Å². The van der Waals surface area contributed by atoms with E-state index >= 15 is 0 Å². The quantitative estimate of drug-likeness (QED) is 0.803. The Morgan fingerprint density at radius 1 is 1.42 bits per heavy atom. The number of carbonyl (C=O) groups is 1. The number of fused-ring (bicyclic) bond motifs is 1. The fourth-order valence-electron chi connectivity index (χ4n) is 4.20. The Balaban J connectivity index is 1.59. The van der Waals surface area contributed by atoms with E-state index in [9.17, 15) is 10.1 Å². The molecule has 1 saturated heterocycles. The maximum Gasteiger partial charge on any atom is 0.254 e. The molecule has 7 heteroatoms. The number of ether oxygens (including phenoxy) is 2. The minimum absolute atomic E-state index is 0.0109. The van der Waals surface area contributed by atoms with E-state index in [0.717, 1.165) is 28.2 Å². The second-order valence-electron chi connectivity index (χ2n) is 7.80. The fourth-order valence-corrected chi connectivity index (χ4v) is 4.20. The number of benzene rings is 1. The van der Waals surface area contributed by atoms with Crippen molar-refractivity contribution in [2.45, 2.75) is 25.9 Å². The number of methoxy groups -OCH3 is 1. The molecule has 0 bridgehead atoms. The van der Waals surface area contributed by atoms with Crippen LogP contribution in [0.4, 0.5) is 5.69 Å². The van der Waals surface area contributed by atoms with Crippen molar-refractivity contribution in [2.24, 2.45) is 0 Å². The van der Waals surface area contributed by atoms with Crippen molar-refractivity contribution < 1.29 is 14.3 Å². The summed E-state index contributed by atoms with van der Waals surface area (Å²) in [4.78, 5) is 19.5. The molecule has 1 amide bonds. The second kappa shape index (κ2) is 8.78. The van der Waals surface area contributed by atoms with Crippen LogP contribution in [0.5, 0.6) is 5.75 Å². The standard InChI is InChI=1S/C24H26N4O3/c1-15-14-28(8-9-31-15)24(29)17-5-4-16(22(11-17)30-3)10-19-12-21(26-2)23-18(13-25)6-7-20(23)27-19/h4-6,11-12,15H,7-10,14H2,1-3H3,(H,26,27)/t15-/m1/s1. The Hall–Kier alpha value is -3.37. The zero-order chi connectivity index (χ0) is 22.0. The number of aromatic nitrogens is 1. The minimum Gasteiger partial charge on any atom is -0.496 e. The van der Waals surface area contributed by atoms with Gasteiger partial charge in [0.2, 0.25) is 0 Å². The molecule has 1 fully saturated rings. The number of pyridine rings is 1. The maximum atomic E-state index is 12.9. The van der Waals surface area contributed by atoms with Gasteiger partial charge in [-0.2, -0.15) is 5.26 Å². The number of allylic oxidation sites excluding steroid dienone is 2. The molecular formula is C24H26N4O3. The van der Waals surface area contributed by atoms with Crippen LogP contribution in [0.3, 0.4) is 0 Å². The van der Waals surface area contributed by atoms with Crippen LogP contribution in [0.1, 0.15) is 39.8 Å². The highest BCUT2D eigenvalue weighted by atomic mass is 16.5. The molecule has 1 aromatic carbocycles. The van der Waals surface area contributed by atoms with E-state index in [4.69, 9.17) is 14.5 Å². The third-order valence-electron chi connectivity index (χ3n) is 5.74. The van der Waals surface area contributed by atoms with Gasteiger partial charge in [0.05, 0.1) is 37.2 Å². The van der Waals surface area contributed by atoms with Gasteiger partial charge in [0.25, 0.3) is 5.91 Å². The fraction of sp³-hybridized carbons (Fsp3) is 0.375. The van der Waals surface area contributed by atoms with E-state index in [1.54, 1.807) is 13.2 Å². The third-order valence-corrected chi connectivity index (χ3v) is 5.74. The first-order valence-electron chi connectivity index (χ1n) is 10.4. The number of hydrogen-bond donors (Lipinski definition) is 1. The van der Waals surface area contributed by atoms with Crippen LogP contribution >= 0.6 is 0 Å². The molecule has 1 aromatic heterocycles. The third kappa shape index (κ3) is 4.12. The van der Waals surface area contributed by atoms with E-state index in [1.165, 1.54) is 0 Å². The van der Waals surface area contributed by atoms with Crippen LogP contribution in [-0.2, 0) is 17.6 Å². The van der Waals surface area contributed by atoms with E-state index < -0.39 is 0 Å². The monoisotopic (exact) mass is 418 g/mol. The van der Waals surface area contributed by atoms with Gasteiger partial charge >= 0.3 is 0 Å². The topological polar surface area (TPSA) is 87.5 Å². The maximum absolute atomic E-state index is 12.9. The molecular weight excluding hydrogens is 392 g/mol. The number of nitriles is 1. The molecule has 1 N–H and O–H groups in total. The van der Waals surface area contributed by atoms with Crippen LogP contribution in [-0.4, -0.2) is 55.7 Å². The number of rotatable bonds is 5. The summed E-state index contributed by atoms with van der Waals surface area (Å²) in [6.45, 7) is 3.72. The van der Waals surface area contributed by atoms with Gasteiger partial charge in [-0.1, -0.05) is 12.1 Å². The molecule has 0 unspecified atom stereocenters. The van der Waals surface area contributed by atoms with Crippen LogP contribution in [0.2, 0.25) is 0 Å². The lowest BCUT2D eigenvalue weighted by Gasteiger charge is -2.31. The second-order valence-corrected chi connectivity index (χ2v) is 7.80. The Kier molecular flexibility index (Phi) is 5.92. The summed E-state index contributed by atoms with van der Waals surface area (Å²) in [5.41, 5.74) is 5.81. The van der Waals surface area contributed by atoms with Gasteiger partial charge in [0.15, 0.2) is 0 Å². The lowest BCUT2D eigenvalue weighted by molar-refractivity contribution is -0.0124. The van der Waals surface area contributed by atoms with Crippen molar-refractivity contribution in [1.82, 2.24) is 9.88 Å². The van der Waals surface area contributed by atoms with E-state index in [0.29, 0.717) is 49.4 Å². The van der Waals surface area contributed by atoms with Crippen LogP contribution in [0.15, 0.2) is 30.3 Å². The van der Waals surface area contributed by atoms with Gasteiger partial charge in [-0.05, 0) is 25.1 Å². The Bertz CT molecular complexity index is 1090. The van der Waals surface area contributed by atoms with Crippen molar-refractivity contribution in [2.75, 3.05) is 39.2 Å². The number of amides is 1. The molecule has 0 spiro atoms. The average molecular weight is 418 g/mol. The molecule has 160 valence electrons. The predicted molar refractivity (Wildman–Crippen MR) is 118 cm³/mol. The first kappa shape index (κ1) is 20.9. The van der Waals surface area contributed by atoms with Crippen molar-refractivity contribution in [1.29, 1.82) is 5.26 Å². The van der Waals surface area contributed by atoms with Crippen molar-refractivity contribution in [3.63, 3.8) is 0 Å². The van der Waals surface area contributed by atoms with E-state index in [-0.39, 0.29) is 12.0 Å².